The van der Waals surface area contributed by atoms with Crippen molar-refractivity contribution in [1.29, 1.82) is 0 Å². The number of carbonyl (C=O) groups excluding carboxylic acids is 3. The summed E-state index contributed by atoms with van der Waals surface area (Å²) < 4.78 is 27.8. The molecule has 3 saturated heterocycles. The Kier molecular flexibility index (Phi) is 12.0. The first-order chi connectivity index (χ1) is 20.5. The van der Waals surface area contributed by atoms with Crippen molar-refractivity contribution in [3.05, 3.63) is 0 Å². The van der Waals surface area contributed by atoms with E-state index in [2.05, 4.69) is 16.0 Å². The average molecular weight is 640 g/mol. The summed E-state index contributed by atoms with van der Waals surface area (Å²) in [5.74, 6) is -5.76. The lowest BCUT2D eigenvalue weighted by atomic mass is 9.87. The molecule has 252 valence electrons. The van der Waals surface area contributed by atoms with Crippen LogP contribution in [0.3, 0.4) is 0 Å². The summed E-state index contributed by atoms with van der Waals surface area (Å²) in [4.78, 5) is 47.3. The van der Waals surface area contributed by atoms with E-state index in [4.69, 9.17) is 23.7 Å². The van der Waals surface area contributed by atoms with Gasteiger partial charge in [0, 0.05) is 20.3 Å². The van der Waals surface area contributed by atoms with Gasteiger partial charge in [-0.15, -0.1) is 0 Å². The molecular weight excluding hydrogens is 598 g/mol. The molecule has 0 aromatic carbocycles. The molecule has 3 fully saturated rings. The molecule has 0 radical (unpaired) electrons. The van der Waals surface area contributed by atoms with Crippen molar-refractivity contribution in [1.82, 2.24) is 16.0 Å². The standard InChI is InChI=1S/C25H41N3O16/c1-8(30)14(26-7-29)20-15(27-10(3)31)12(33)5-25(44-20,24(38)39)43-13-6-40-23(19(36)18(13)35)42-21-16(28-11(4)32)22(37)41-9(2)17(21)34/h7-9,12-23,30,33-37H,5-6H2,1-4H3,(H,26,29)(H,27,31)(H,28,32)(H,38,39)/t8-,9+,12-,13+,14-,15-,16+,17-,18-,19+,20-,21+,22-,23-,25-/m0/s1. The zero-order valence-corrected chi connectivity index (χ0v) is 24.4. The summed E-state index contributed by atoms with van der Waals surface area (Å²) in [7, 11) is 0. The van der Waals surface area contributed by atoms with Crippen LogP contribution in [0, 0.1) is 0 Å². The van der Waals surface area contributed by atoms with Gasteiger partial charge in [-0.1, -0.05) is 0 Å². The second-order valence-corrected chi connectivity index (χ2v) is 11.1. The smallest absolute Gasteiger partial charge is 0.364 e. The maximum Gasteiger partial charge on any atom is 0.364 e. The molecule has 0 unspecified atom stereocenters. The van der Waals surface area contributed by atoms with Crippen LogP contribution in [0.15, 0.2) is 0 Å². The zero-order chi connectivity index (χ0) is 33.1. The summed E-state index contributed by atoms with van der Waals surface area (Å²) in [6, 6.07) is -3.96. The number of amides is 3. The van der Waals surface area contributed by atoms with Crippen molar-refractivity contribution in [3.63, 3.8) is 0 Å². The number of ether oxygens (including phenoxy) is 5. The van der Waals surface area contributed by atoms with Crippen LogP contribution in [0.5, 0.6) is 0 Å². The third-order valence-corrected chi connectivity index (χ3v) is 7.67. The van der Waals surface area contributed by atoms with Gasteiger partial charge < -0.3 is 75.4 Å². The van der Waals surface area contributed by atoms with Gasteiger partial charge in [-0.05, 0) is 13.8 Å². The average Bonchev–Trinajstić information content (AvgIpc) is 2.92. The minimum Gasteiger partial charge on any atom is -0.477 e. The third kappa shape index (κ3) is 7.80. The van der Waals surface area contributed by atoms with Crippen molar-refractivity contribution in [2.75, 3.05) is 6.61 Å². The van der Waals surface area contributed by atoms with Crippen LogP contribution in [0.25, 0.3) is 0 Å². The highest BCUT2D eigenvalue weighted by atomic mass is 16.8. The van der Waals surface area contributed by atoms with E-state index in [1.165, 1.54) is 13.8 Å². The van der Waals surface area contributed by atoms with E-state index in [-0.39, 0.29) is 6.41 Å². The lowest BCUT2D eigenvalue weighted by molar-refractivity contribution is -0.359. The van der Waals surface area contributed by atoms with Crippen LogP contribution in [0.1, 0.15) is 34.1 Å². The number of hydrogen-bond acceptors (Lipinski definition) is 15. The Morgan fingerprint density at radius 3 is 2.16 bits per heavy atom. The molecule has 19 nitrogen and oxygen atoms in total. The molecule has 3 aliphatic rings. The van der Waals surface area contributed by atoms with Gasteiger partial charge in [0.15, 0.2) is 12.6 Å². The van der Waals surface area contributed by atoms with Gasteiger partial charge in [-0.2, -0.15) is 0 Å². The fourth-order valence-corrected chi connectivity index (χ4v) is 5.49. The minimum absolute atomic E-state index is 0.205. The fraction of sp³-hybridized carbons (Fsp3) is 0.840. The number of hydrogen-bond donors (Lipinski definition) is 10. The van der Waals surface area contributed by atoms with Gasteiger partial charge >= 0.3 is 5.97 Å². The Hall–Kier alpha value is -2.56. The summed E-state index contributed by atoms with van der Waals surface area (Å²) in [5.41, 5.74) is 0. The van der Waals surface area contributed by atoms with Crippen LogP contribution < -0.4 is 16.0 Å². The summed E-state index contributed by atoms with van der Waals surface area (Å²) >= 11 is 0. The van der Waals surface area contributed by atoms with Gasteiger partial charge in [0.25, 0.3) is 5.79 Å². The second-order valence-electron chi connectivity index (χ2n) is 11.1. The van der Waals surface area contributed by atoms with Crippen molar-refractivity contribution < 1.29 is 78.6 Å². The number of aliphatic carboxylic acids is 1. The molecule has 0 aliphatic carbocycles. The highest BCUT2D eigenvalue weighted by molar-refractivity contribution is 5.76. The first-order valence-corrected chi connectivity index (χ1v) is 13.9. The number of aliphatic hydroxyl groups excluding tert-OH is 6. The number of carboxylic acid groups (broad SMARTS) is 1. The maximum atomic E-state index is 12.5. The molecule has 0 aromatic rings. The lowest BCUT2D eigenvalue weighted by Crippen LogP contribution is -2.71. The minimum atomic E-state index is -2.74. The molecule has 3 heterocycles. The Morgan fingerprint density at radius 2 is 1.61 bits per heavy atom. The van der Waals surface area contributed by atoms with Crippen molar-refractivity contribution in [2.45, 2.75) is 126 Å². The Bertz CT molecular complexity index is 1040. The highest BCUT2D eigenvalue weighted by Crippen LogP contribution is 2.36. The normalized spacial score (nSPS) is 42.4. The second kappa shape index (κ2) is 14.7. The molecule has 44 heavy (non-hydrogen) atoms. The van der Waals surface area contributed by atoms with E-state index in [1.807, 2.05) is 0 Å². The number of carbonyl (C=O) groups is 4. The summed E-state index contributed by atoms with van der Waals surface area (Å²) in [6.07, 6.45) is -17.8. The van der Waals surface area contributed by atoms with E-state index in [0.29, 0.717) is 0 Å². The highest BCUT2D eigenvalue weighted by Gasteiger charge is 2.58. The Labute approximate surface area is 251 Å². The molecule has 15 atom stereocenters. The van der Waals surface area contributed by atoms with Crippen LogP contribution >= 0.6 is 0 Å². The summed E-state index contributed by atoms with van der Waals surface area (Å²) in [6.45, 7) is 4.31. The zero-order valence-electron chi connectivity index (χ0n) is 24.4. The van der Waals surface area contributed by atoms with Gasteiger partial charge in [-0.3, -0.25) is 14.4 Å². The molecule has 0 saturated carbocycles. The number of rotatable bonds is 11. The lowest BCUT2D eigenvalue weighted by Gasteiger charge is -2.49. The van der Waals surface area contributed by atoms with Crippen LogP contribution in [-0.4, -0.2) is 158 Å². The maximum absolute atomic E-state index is 12.5. The SMILES string of the molecule is CC(=O)N[C@@H]1[C@H]([C@@H](NC=O)[C@H](C)O)O[C@](O[C@@H]2CO[C@@H](O[C@H]3[C@@H](O)[C@@H](C)O[C@H](O)[C@@H]3NC(C)=O)[C@H](O)[C@H]2O)(C(=O)O)C[C@@H]1O. The predicted octanol–water partition coefficient (Wildman–Crippen LogP) is -5.63. The van der Waals surface area contributed by atoms with E-state index in [9.17, 15) is 54.9 Å². The Morgan fingerprint density at radius 1 is 1.00 bits per heavy atom. The van der Waals surface area contributed by atoms with Crippen molar-refractivity contribution >= 4 is 24.2 Å². The van der Waals surface area contributed by atoms with Gasteiger partial charge in [0.2, 0.25) is 18.2 Å². The molecule has 3 rings (SSSR count). The largest absolute Gasteiger partial charge is 0.477 e. The van der Waals surface area contributed by atoms with Gasteiger partial charge in [-0.25, -0.2) is 4.79 Å². The van der Waals surface area contributed by atoms with Gasteiger partial charge in [0.1, 0.15) is 42.7 Å². The third-order valence-electron chi connectivity index (χ3n) is 7.67. The van der Waals surface area contributed by atoms with Gasteiger partial charge in [0.05, 0.1) is 37.0 Å². The molecule has 19 heteroatoms. The quantitative estimate of drug-likeness (QED) is 0.0943. The van der Waals surface area contributed by atoms with Crippen molar-refractivity contribution in [2.24, 2.45) is 0 Å². The Balaban J connectivity index is 1.83. The van der Waals surface area contributed by atoms with Crippen molar-refractivity contribution in [3.8, 4) is 0 Å². The van der Waals surface area contributed by atoms with E-state index < -0.39 is 122 Å². The number of nitrogens with one attached hydrogen (secondary N) is 3. The molecule has 0 aromatic heterocycles. The van der Waals surface area contributed by atoms with Crippen LogP contribution in [-0.2, 0) is 42.9 Å². The molecule has 3 aliphatic heterocycles. The number of carboxylic acids is 1. The fourth-order valence-electron chi connectivity index (χ4n) is 5.49. The van der Waals surface area contributed by atoms with E-state index >= 15 is 0 Å². The molecule has 3 amide bonds. The van der Waals surface area contributed by atoms with Crippen LogP contribution in [0.4, 0.5) is 0 Å². The molecule has 0 spiro atoms. The number of aliphatic hydroxyl groups is 6. The van der Waals surface area contributed by atoms with E-state index in [1.54, 1.807) is 0 Å². The van der Waals surface area contributed by atoms with Crippen LogP contribution in [0.2, 0.25) is 0 Å². The first-order valence-electron chi connectivity index (χ1n) is 13.9. The molecule has 0 bridgehead atoms. The first kappa shape index (κ1) is 35.9. The molecular formula is C25H41N3O16. The summed E-state index contributed by atoms with van der Waals surface area (Å²) in [5, 5.41) is 81.1. The monoisotopic (exact) mass is 639 g/mol. The topological polar surface area (TPSA) is 292 Å². The predicted molar refractivity (Wildman–Crippen MR) is 140 cm³/mol. The van der Waals surface area contributed by atoms with E-state index in [0.717, 1.165) is 13.8 Å². The molecule has 10 N–H and O–H groups in total.